The number of para-hydroxylation sites is 2. The van der Waals surface area contributed by atoms with Crippen molar-refractivity contribution >= 4 is 92.1 Å². The lowest BCUT2D eigenvalue weighted by atomic mass is 9.88. The van der Waals surface area contributed by atoms with Crippen molar-refractivity contribution in [3.63, 3.8) is 0 Å². The fourth-order valence-corrected chi connectivity index (χ4v) is 10.4. The Hall–Kier alpha value is -7.46. The molecule has 12 aromatic rings. The average Bonchev–Trinajstić information content (AvgIpc) is 3.87. The molecule has 0 saturated carbocycles. The van der Waals surface area contributed by atoms with Gasteiger partial charge in [0.1, 0.15) is 11.2 Å². The van der Waals surface area contributed by atoms with Gasteiger partial charge in [0, 0.05) is 37.5 Å². The van der Waals surface area contributed by atoms with Gasteiger partial charge in [-0.15, -0.1) is 11.3 Å². The summed E-state index contributed by atoms with van der Waals surface area (Å²) >= 11 is 1.86. The summed E-state index contributed by atoms with van der Waals surface area (Å²) in [7, 11) is 0. The number of nitrogens with zero attached hydrogens (tertiary/aromatic N) is 1. The van der Waals surface area contributed by atoms with Crippen LogP contribution in [0.5, 0.6) is 0 Å². The van der Waals surface area contributed by atoms with Gasteiger partial charge in [-0.25, -0.2) is 0 Å². The summed E-state index contributed by atoms with van der Waals surface area (Å²) in [6.45, 7) is 0. The molecule has 0 atom stereocenters. The van der Waals surface area contributed by atoms with Crippen LogP contribution in [0.2, 0.25) is 0 Å². The zero-order valence-corrected chi connectivity index (χ0v) is 32.8. The first kappa shape index (κ1) is 33.7. The van der Waals surface area contributed by atoms with Crippen molar-refractivity contribution in [3.8, 4) is 33.4 Å². The maximum Gasteiger partial charge on any atom is 0.136 e. The summed E-state index contributed by atoms with van der Waals surface area (Å²) in [4.78, 5) is 2.50. The number of anilines is 3. The van der Waals surface area contributed by atoms with E-state index in [1.807, 2.05) is 17.4 Å². The molecule has 12 rings (SSSR count). The highest BCUT2D eigenvalue weighted by Crippen LogP contribution is 2.49. The second kappa shape index (κ2) is 13.6. The first-order valence-electron chi connectivity index (χ1n) is 20.1. The molecular formula is C56H35NOS. The highest BCUT2D eigenvalue weighted by Gasteiger charge is 2.23. The van der Waals surface area contributed by atoms with Gasteiger partial charge < -0.3 is 9.32 Å². The second-order valence-electron chi connectivity index (χ2n) is 15.2. The molecule has 2 nitrogen and oxygen atoms in total. The van der Waals surface area contributed by atoms with E-state index >= 15 is 0 Å². The Labute approximate surface area is 345 Å². The predicted octanol–water partition coefficient (Wildman–Crippen LogP) is 16.7. The van der Waals surface area contributed by atoms with Gasteiger partial charge in [0.25, 0.3) is 0 Å². The number of hydrogen-bond acceptors (Lipinski definition) is 3. The van der Waals surface area contributed by atoms with Crippen LogP contribution in [-0.4, -0.2) is 0 Å². The summed E-state index contributed by atoms with van der Waals surface area (Å²) in [5, 5.41) is 9.59. The van der Waals surface area contributed by atoms with Gasteiger partial charge in [0.15, 0.2) is 0 Å². The number of benzene rings is 10. The average molecular weight is 770 g/mol. The quantitative estimate of drug-likeness (QED) is 0.157. The molecule has 0 spiro atoms. The van der Waals surface area contributed by atoms with Crippen molar-refractivity contribution in [3.05, 3.63) is 212 Å². The monoisotopic (exact) mass is 769 g/mol. The van der Waals surface area contributed by atoms with Crippen LogP contribution in [0, 0.1) is 0 Å². The summed E-state index contributed by atoms with van der Waals surface area (Å²) in [5.74, 6) is 0. The van der Waals surface area contributed by atoms with Gasteiger partial charge in [0.2, 0.25) is 0 Å². The molecule has 2 aromatic heterocycles. The predicted molar refractivity (Wildman–Crippen MR) is 253 cm³/mol. The van der Waals surface area contributed by atoms with E-state index in [2.05, 4.69) is 211 Å². The Balaban J connectivity index is 1.13. The van der Waals surface area contributed by atoms with Crippen molar-refractivity contribution in [2.45, 2.75) is 0 Å². The van der Waals surface area contributed by atoms with E-state index in [1.165, 1.54) is 64.1 Å². The molecule has 59 heavy (non-hydrogen) atoms. The molecule has 0 fully saturated rings. The van der Waals surface area contributed by atoms with Crippen LogP contribution in [0.25, 0.3) is 97.0 Å². The van der Waals surface area contributed by atoms with Crippen LogP contribution >= 0.6 is 11.3 Å². The Morgan fingerprint density at radius 1 is 0.339 bits per heavy atom. The van der Waals surface area contributed by atoms with Crippen LogP contribution in [0.15, 0.2) is 217 Å². The van der Waals surface area contributed by atoms with Gasteiger partial charge in [-0.2, -0.15) is 0 Å². The third kappa shape index (κ3) is 5.47. The van der Waals surface area contributed by atoms with E-state index < -0.39 is 0 Å². The zero-order chi connectivity index (χ0) is 38.9. The molecule has 3 heteroatoms. The smallest absolute Gasteiger partial charge is 0.136 e. The topological polar surface area (TPSA) is 16.4 Å². The Morgan fingerprint density at radius 2 is 0.932 bits per heavy atom. The summed E-state index contributed by atoms with van der Waals surface area (Å²) in [6, 6.07) is 77.2. The molecular weight excluding hydrogens is 735 g/mol. The van der Waals surface area contributed by atoms with E-state index in [0.717, 1.165) is 50.0 Å². The Morgan fingerprint density at radius 3 is 1.78 bits per heavy atom. The lowest BCUT2D eigenvalue weighted by Gasteiger charge is -2.29. The minimum atomic E-state index is 0.911. The molecule has 0 unspecified atom stereocenters. The molecule has 0 saturated heterocycles. The zero-order valence-electron chi connectivity index (χ0n) is 32.0. The normalized spacial score (nSPS) is 11.7. The largest absolute Gasteiger partial charge is 0.456 e. The highest BCUT2D eigenvalue weighted by atomic mass is 32.1. The van der Waals surface area contributed by atoms with Crippen LogP contribution in [0.3, 0.4) is 0 Å². The van der Waals surface area contributed by atoms with Gasteiger partial charge in [-0.1, -0.05) is 164 Å². The summed E-state index contributed by atoms with van der Waals surface area (Å²) < 4.78 is 8.88. The first-order chi connectivity index (χ1) is 29.3. The number of thiophene rings is 1. The van der Waals surface area contributed by atoms with E-state index in [9.17, 15) is 0 Å². The number of furan rings is 1. The van der Waals surface area contributed by atoms with Crippen molar-refractivity contribution in [2.24, 2.45) is 0 Å². The Bertz CT molecular complexity index is 3580. The van der Waals surface area contributed by atoms with Crippen molar-refractivity contribution < 1.29 is 4.42 Å². The van der Waals surface area contributed by atoms with Crippen molar-refractivity contribution in [1.29, 1.82) is 0 Å². The lowest BCUT2D eigenvalue weighted by molar-refractivity contribution is 0.669. The maximum atomic E-state index is 6.34. The van der Waals surface area contributed by atoms with E-state index in [4.69, 9.17) is 4.42 Å². The molecule has 0 bridgehead atoms. The van der Waals surface area contributed by atoms with Crippen LogP contribution in [0.4, 0.5) is 17.1 Å². The van der Waals surface area contributed by atoms with Crippen LogP contribution in [-0.2, 0) is 0 Å². The SMILES string of the molecule is c1ccc(-c2ccccc2-c2ccccc2-c2ccccc2N(c2ccc3ccc4cc5oc6ccccc6c5cc4c3c2)c2cccc3c2sc2ccccc23)cc1. The van der Waals surface area contributed by atoms with Crippen molar-refractivity contribution in [1.82, 2.24) is 0 Å². The highest BCUT2D eigenvalue weighted by molar-refractivity contribution is 7.26. The van der Waals surface area contributed by atoms with Gasteiger partial charge in [-0.3, -0.25) is 0 Å². The van der Waals surface area contributed by atoms with Crippen LogP contribution < -0.4 is 4.90 Å². The van der Waals surface area contributed by atoms with Gasteiger partial charge in [-0.05, 0) is 97.9 Å². The maximum absolute atomic E-state index is 6.34. The van der Waals surface area contributed by atoms with Gasteiger partial charge >= 0.3 is 0 Å². The van der Waals surface area contributed by atoms with Crippen molar-refractivity contribution in [2.75, 3.05) is 4.90 Å². The lowest BCUT2D eigenvalue weighted by Crippen LogP contribution is -2.11. The molecule has 0 amide bonds. The van der Waals surface area contributed by atoms with Gasteiger partial charge in [0.05, 0.1) is 16.1 Å². The third-order valence-corrected chi connectivity index (χ3v) is 13.1. The molecule has 276 valence electrons. The minimum absolute atomic E-state index is 0.911. The summed E-state index contributed by atoms with van der Waals surface area (Å²) in [6.07, 6.45) is 0. The molecule has 0 aliphatic heterocycles. The number of rotatable bonds is 6. The Kier molecular flexibility index (Phi) is 7.75. The molecule has 0 radical (unpaired) electrons. The van der Waals surface area contributed by atoms with Crippen LogP contribution in [0.1, 0.15) is 0 Å². The standard InChI is InChI=1S/C56H35NOS/c1-2-15-36(16-3-1)40-17-4-5-18-41(40)42-19-6-7-20-43(42)44-21-8-11-25-51(44)57(52-26-14-24-47-46-23-10-13-28-55(46)59-56(47)52)39-32-31-37-29-30-38-33-54-50(35-49(38)48(37)34-39)45-22-9-12-27-53(45)58-54/h1-35H. The third-order valence-electron chi connectivity index (χ3n) is 11.9. The molecule has 2 heterocycles. The first-order valence-corrected chi connectivity index (χ1v) is 20.9. The molecule has 0 aliphatic rings. The molecule has 10 aromatic carbocycles. The van der Waals surface area contributed by atoms with E-state index in [1.54, 1.807) is 0 Å². The number of hydrogen-bond donors (Lipinski definition) is 0. The van der Waals surface area contributed by atoms with E-state index in [0.29, 0.717) is 0 Å². The van der Waals surface area contributed by atoms with E-state index in [-0.39, 0.29) is 0 Å². The fraction of sp³-hybridized carbons (Fsp3) is 0. The molecule has 0 N–H and O–H groups in total. The minimum Gasteiger partial charge on any atom is -0.456 e. The second-order valence-corrected chi connectivity index (χ2v) is 16.3. The fourth-order valence-electron chi connectivity index (χ4n) is 9.15. The molecule has 0 aliphatic carbocycles. The summed E-state index contributed by atoms with van der Waals surface area (Å²) in [5.41, 5.74) is 12.3. The number of fused-ring (bicyclic) bond motifs is 9.